The zero-order chi connectivity index (χ0) is 27.6. The predicted molar refractivity (Wildman–Crippen MR) is 171 cm³/mol. The maximum atomic E-state index is 7.29. The molecule has 0 radical (unpaired) electrons. The molecule has 0 aromatic heterocycles. The summed E-state index contributed by atoms with van der Waals surface area (Å²) in [6, 6.07) is 44.7. The molecule has 0 saturated heterocycles. The fourth-order valence-corrected chi connectivity index (χ4v) is 5.39. The third-order valence-corrected chi connectivity index (χ3v) is 7.26. The Morgan fingerprint density at radius 2 is 0.500 bits per heavy atom. The Balaban J connectivity index is 1.88. The standard InChI is InChI=1S/C36H30N4/c37-28-17-11-25(12-18-28)31-32(23-7-3-1-4-8-23)34(24-9-5-2-6-10-24)36(40)35(27-15-21-30(39)22-16-27)33(31)26-13-19-29(38)20-14-26/h1-22H,37-40H2. The van der Waals surface area contributed by atoms with Crippen LogP contribution in [0.5, 0.6) is 0 Å². The van der Waals surface area contributed by atoms with Gasteiger partial charge in [0.15, 0.2) is 0 Å². The van der Waals surface area contributed by atoms with Crippen molar-refractivity contribution in [2.75, 3.05) is 22.9 Å². The third-order valence-electron chi connectivity index (χ3n) is 7.26. The normalized spacial score (nSPS) is 10.9. The Kier molecular flexibility index (Phi) is 6.43. The molecule has 0 atom stereocenters. The van der Waals surface area contributed by atoms with E-state index in [-0.39, 0.29) is 0 Å². The van der Waals surface area contributed by atoms with Crippen LogP contribution in [0, 0.1) is 0 Å². The van der Waals surface area contributed by atoms with Gasteiger partial charge in [-0.05, 0) is 69.8 Å². The maximum absolute atomic E-state index is 7.29. The topological polar surface area (TPSA) is 104 Å². The number of hydrogen-bond donors (Lipinski definition) is 4. The second-order valence-corrected chi connectivity index (χ2v) is 9.89. The van der Waals surface area contributed by atoms with Gasteiger partial charge in [0.25, 0.3) is 0 Å². The van der Waals surface area contributed by atoms with Gasteiger partial charge in [0.2, 0.25) is 0 Å². The van der Waals surface area contributed by atoms with E-state index in [4.69, 9.17) is 22.9 Å². The molecule has 4 heteroatoms. The smallest absolute Gasteiger partial charge is 0.0486 e. The van der Waals surface area contributed by atoms with Gasteiger partial charge < -0.3 is 22.9 Å². The molecule has 6 aromatic rings. The van der Waals surface area contributed by atoms with Crippen LogP contribution in [0.15, 0.2) is 133 Å². The highest BCUT2D eigenvalue weighted by molar-refractivity contribution is 6.13. The highest BCUT2D eigenvalue weighted by atomic mass is 14.6. The number of rotatable bonds is 5. The first-order chi connectivity index (χ1) is 19.5. The Labute approximate surface area is 234 Å². The summed E-state index contributed by atoms with van der Waals surface area (Å²) < 4.78 is 0. The van der Waals surface area contributed by atoms with Crippen LogP contribution in [0.1, 0.15) is 0 Å². The van der Waals surface area contributed by atoms with E-state index >= 15 is 0 Å². The summed E-state index contributed by atoms with van der Waals surface area (Å²) in [6.07, 6.45) is 0. The molecule has 0 heterocycles. The van der Waals surface area contributed by atoms with E-state index in [1.54, 1.807) is 0 Å². The lowest BCUT2D eigenvalue weighted by molar-refractivity contribution is 1.52. The van der Waals surface area contributed by atoms with Crippen LogP contribution in [0.25, 0.3) is 55.6 Å². The van der Waals surface area contributed by atoms with Crippen molar-refractivity contribution in [3.05, 3.63) is 133 Å². The van der Waals surface area contributed by atoms with E-state index in [9.17, 15) is 0 Å². The van der Waals surface area contributed by atoms with Crippen LogP contribution in [0.3, 0.4) is 0 Å². The largest absolute Gasteiger partial charge is 0.399 e. The molecule has 0 fully saturated rings. The minimum absolute atomic E-state index is 0.694. The van der Waals surface area contributed by atoms with Gasteiger partial charge in [-0.2, -0.15) is 0 Å². The number of anilines is 4. The van der Waals surface area contributed by atoms with Crippen LogP contribution >= 0.6 is 0 Å². The van der Waals surface area contributed by atoms with Crippen molar-refractivity contribution in [1.29, 1.82) is 0 Å². The van der Waals surface area contributed by atoms with E-state index in [2.05, 4.69) is 60.7 Å². The molecule has 0 spiro atoms. The van der Waals surface area contributed by atoms with Crippen molar-refractivity contribution in [2.24, 2.45) is 0 Å². The van der Waals surface area contributed by atoms with Crippen LogP contribution in [-0.2, 0) is 0 Å². The van der Waals surface area contributed by atoms with Crippen molar-refractivity contribution in [3.8, 4) is 55.6 Å². The molecule has 0 amide bonds. The first-order valence-electron chi connectivity index (χ1n) is 13.2. The second kappa shape index (κ2) is 10.4. The molecule has 6 aromatic carbocycles. The summed E-state index contributed by atoms with van der Waals surface area (Å²) in [5.74, 6) is 0. The van der Waals surface area contributed by atoms with E-state index in [0.29, 0.717) is 22.7 Å². The lowest BCUT2D eigenvalue weighted by atomic mass is 9.77. The second-order valence-electron chi connectivity index (χ2n) is 9.89. The molecular weight excluding hydrogens is 488 g/mol. The summed E-state index contributed by atoms with van der Waals surface area (Å²) in [5.41, 5.74) is 38.7. The molecule has 6 rings (SSSR count). The average molecular weight is 519 g/mol. The molecule has 0 unspecified atom stereocenters. The molecule has 194 valence electrons. The van der Waals surface area contributed by atoms with E-state index in [0.717, 1.165) is 55.6 Å². The number of hydrogen-bond acceptors (Lipinski definition) is 4. The quantitative estimate of drug-likeness (QED) is 0.172. The van der Waals surface area contributed by atoms with Crippen molar-refractivity contribution < 1.29 is 0 Å². The maximum Gasteiger partial charge on any atom is 0.0486 e. The molecule has 0 aliphatic rings. The zero-order valence-electron chi connectivity index (χ0n) is 22.0. The fraction of sp³-hybridized carbons (Fsp3) is 0. The van der Waals surface area contributed by atoms with Gasteiger partial charge in [0.1, 0.15) is 0 Å². The van der Waals surface area contributed by atoms with Crippen molar-refractivity contribution >= 4 is 22.7 Å². The molecule has 0 saturated carbocycles. The van der Waals surface area contributed by atoms with Crippen molar-refractivity contribution in [2.45, 2.75) is 0 Å². The summed E-state index contributed by atoms with van der Waals surface area (Å²) >= 11 is 0. The van der Waals surface area contributed by atoms with Gasteiger partial charge in [-0.15, -0.1) is 0 Å². The molecule has 40 heavy (non-hydrogen) atoms. The lowest BCUT2D eigenvalue weighted by Crippen LogP contribution is -2.04. The average Bonchev–Trinajstić information content (AvgIpc) is 2.99. The number of nitrogen functional groups attached to an aromatic ring is 4. The zero-order valence-corrected chi connectivity index (χ0v) is 22.0. The molecule has 0 bridgehead atoms. The highest BCUT2D eigenvalue weighted by Gasteiger charge is 2.27. The third kappa shape index (κ3) is 4.52. The van der Waals surface area contributed by atoms with Gasteiger partial charge in [0, 0.05) is 45.0 Å². The van der Waals surface area contributed by atoms with Gasteiger partial charge in [-0.25, -0.2) is 0 Å². The first kappa shape index (κ1) is 24.8. The molecule has 0 aliphatic carbocycles. The van der Waals surface area contributed by atoms with Gasteiger partial charge in [-0.3, -0.25) is 0 Å². The molecule has 4 nitrogen and oxygen atoms in total. The molecular formula is C36H30N4. The summed E-state index contributed by atoms with van der Waals surface area (Å²) in [7, 11) is 0. The van der Waals surface area contributed by atoms with Crippen molar-refractivity contribution in [1.82, 2.24) is 0 Å². The number of nitrogens with two attached hydrogens (primary N) is 4. The van der Waals surface area contributed by atoms with Crippen LogP contribution < -0.4 is 22.9 Å². The Morgan fingerprint density at radius 1 is 0.250 bits per heavy atom. The summed E-state index contributed by atoms with van der Waals surface area (Å²) in [5, 5.41) is 0. The minimum atomic E-state index is 0.694. The van der Waals surface area contributed by atoms with E-state index < -0.39 is 0 Å². The SMILES string of the molecule is Nc1ccc(-c2c(N)c(-c3ccccc3)c(-c3ccccc3)c(-c3ccc(N)cc3)c2-c2ccc(N)cc2)cc1. The van der Waals surface area contributed by atoms with E-state index in [1.807, 2.05) is 72.8 Å². The Hall–Kier alpha value is -5.48. The van der Waals surface area contributed by atoms with Gasteiger partial charge in [0.05, 0.1) is 0 Å². The van der Waals surface area contributed by atoms with Crippen molar-refractivity contribution in [3.63, 3.8) is 0 Å². The molecule has 0 aliphatic heterocycles. The number of benzene rings is 6. The summed E-state index contributed by atoms with van der Waals surface area (Å²) in [4.78, 5) is 0. The van der Waals surface area contributed by atoms with Crippen LogP contribution in [-0.4, -0.2) is 0 Å². The highest BCUT2D eigenvalue weighted by Crippen LogP contribution is 2.54. The van der Waals surface area contributed by atoms with E-state index in [1.165, 1.54) is 0 Å². The van der Waals surface area contributed by atoms with Gasteiger partial charge >= 0.3 is 0 Å². The van der Waals surface area contributed by atoms with Crippen LogP contribution in [0.4, 0.5) is 22.7 Å². The summed E-state index contributed by atoms with van der Waals surface area (Å²) in [6.45, 7) is 0. The van der Waals surface area contributed by atoms with Gasteiger partial charge in [-0.1, -0.05) is 97.1 Å². The fourth-order valence-electron chi connectivity index (χ4n) is 5.39. The Morgan fingerprint density at radius 3 is 0.850 bits per heavy atom. The predicted octanol–water partition coefficient (Wildman–Crippen LogP) is 8.35. The minimum Gasteiger partial charge on any atom is -0.399 e. The van der Waals surface area contributed by atoms with Crippen LogP contribution in [0.2, 0.25) is 0 Å². The lowest BCUT2D eigenvalue weighted by Gasteiger charge is -2.27. The first-order valence-corrected chi connectivity index (χ1v) is 13.2. The molecule has 8 N–H and O–H groups in total. The Bertz CT molecular complexity index is 1770. The monoisotopic (exact) mass is 518 g/mol.